The number of likely N-dealkylation sites (N-methyl/N-ethyl adjacent to an activating group) is 1. The van der Waals surface area contributed by atoms with Crippen LogP contribution < -0.4 is 11.5 Å². The van der Waals surface area contributed by atoms with Gasteiger partial charge in [-0.1, -0.05) is 6.07 Å². The van der Waals surface area contributed by atoms with Crippen molar-refractivity contribution >= 4 is 17.0 Å². The van der Waals surface area contributed by atoms with Gasteiger partial charge in [0.15, 0.2) is 5.58 Å². The van der Waals surface area contributed by atoms with Gasteiger partial charge in [0.1, 0.15) is 0 Å². The van der Waals surface area contributed by atoms with Crippen LogP contribution in [0.3, 0.4) is 0 Å². The van der Waals surface area contributed by atoms with E-state index in [2.05, 4.69) is 0 Å². The lowest BCUT2D eigenvalue weighted by Gasteiger charge is -2.15. The van der Waals surface area contributed by atoms with E-state index in [1.807, 2.05) is 12.1 Å². The molecular formula is C13H17N3O3. The second-order valence-corrected chi connectivity index (χ2v) is 4.50. The zero-order chi connectivity index (χ0) is 14.0. The number of nitrogens with zero attached hydrogens (tertiary/aromatic N) is 2. The van der Waals surface area contributed by atoms with Crippen LogP contribution in [-0.4, -0.2) is 35.5 Å². The second-order valence-electron chi connectivity index (χ2n) is 4.50. The highest BCUT2D eigenvalue weighted by molar-refractivity contribution is 5.77. The Kier molecular flexibility index (Phi) is 3.71. The van der Waals surface area contributed by atoms with Crippen LogP contribution in [0.1, 0.15) is 5.56 Å². The molecule has 0 radical (unpaired) electrons. The van der Waals surface area contributed by atoms with Crippen molar-refractivity contribution in [2.24, 2.45) is 12.8 Å². The number of oxazole rings is 1. The molecule has 0 aliphatic heterocycles. The monoisotopic (exact) mass is 263 g/mol. The number of fused-ring (bicyclic) bond motifs is 1. The fourth-order valence-corrected chi connectivity index (χ4v) is 1.91. The molecule has 0 aliphatic carbocycles. The van der Waals surface area contributed by atoms with E-state index < -0.39 is 0 Å². The van der Waals surface area contributed by atoms with Crippen LogP contribution in [0.4, 0.5) is 0 Å². The van der Waals surface area contributed by atoms with Crippen molar-refractivity contribution < 1.29 is 9.21 Å². The van der Waals surface area contributed by atoms with Gasteiger partial charge in [0.05, 0.1) is 12.1 Å². The number of nitrogens with two attached hydrogens (primary N) is 1. The summed E-state index contributed by atoms with van der Waals surface area (Å²) < 4.78 is 6.53. The minimum atomic E-state index is -0.373. The van der Waals surface area contributed by atoms with Crippen molar-refractivity contribution in [3.63, 3.8) is 0 Å². The van der Waals surface area contributed by atoms with Crippen LogP contribution >= 0.6 is 0 Å². The van der Waals surface area contributed by atoms with Crippen LogP contribution in [0.15, 0.2) is 27.4 Å². The maximum atomic E-state index is 11.4. The van der Waals surface area contributed by atoms with E-state index in [-0.39, 0.29) is 18.2 Å². The van der Waals surface area contributed by atoms with Crippen molar-refractivity contribution in [2.45, 2.75) is 6.42 Å². The molecule has 0 unspecified atom stereocenters. The van der Waals surface area contributed by atoms with Gasteiger partial charge in [-0.05, 0) is 24.1 Å². The SMILES string of the molecule is CN(CCc1ccc2oc(=O)n(C)c2c1)C(=O)CN. The topological polar surface area (TPSA) is 81.5 Å². The number of hydrogen-bond donors (Lipinski definition) is 1. The Bertz CT molecular complexity index is 657. The number of aromatic nitrogens is 1. The summed E-state index contributed by atoms with van der Waals surface area (Å²) in [5.74, 6) is -0.459. The predicted octanol–water partition coefficient (Wildman–Crippen LogP) is 0.0911. The van der Waals surface area contributed by atoms with Crippen molar-refractivity contribution in [1.82, 2.24) is 9.47 Å². The number of benzene rings is 1. The first-order valence-corrected chi connectivity index (χ1v) is 6.05. The van der Waals surface area contributed by atoms with Gasteiger partial charge in [0.2, 0.25) is 5.91 Å². The summed E-state index contributed by atoms with van der Waals surface area (Å²) in [5.41, 5.74) is 7.67. The van der Waals surface area contributed by atoms with Crippen molar-refractivity contribution in [3.8, 4) is 0 Å². The van der Waals surface area contributed by atoms with Crippen molar-refractivity contribution in [3.05, 3.63) is 34.3 Å². The van der Waals surface area contributed by atoms with Crippen LogP contribution in [-0.2, 0) is 18.3 Å². The normalized spacial score (nSPS) is 10.9. The molecule has 0 saturated heterocycles. The van der Waals surface area contributed by atoms with Gasteiger partial charge in [-0.25, -0.2) is 4.79 Å². The molecule has 0 atom stereocenters. The van der Waals surface area contributed by atoms with E-state index >= 15 is 0 Å². The molecule has 0 spiro atoms. The third kappa shape index (κ3) is 2.68. The smallest absolute Gasteiger partial charge is 0.408 e. The van der Waals surface area contributed by atoms with E-state index in [4.69, 9.17) is 10.2 Å². The summed E-state index contributed by atoms with van der Waals surface area (Å²) >= 11 is 0. The first-order valence-electron chi connectivity index (χ1n) is 6.05. The van der Waals surface area contributed by atoms with Crippen LogP contribution in [0.2, 0.25) is 0 Å². The van der Waals surface area contributed by atoms with Gasteiger partial charge < -0.3 is 15.1 Å². The Morgan fingerprint density at radius 2 is 2.21 bits per heavy atom. The van der Waals surface area contributed by atoms with E-state index in [1.54, 1.807) is 25.1 Å². The molecule has 2 rings (SSSR count). The highest BCUT2D eigenvalue weighted by Gasteiger charge is 2.09. The molecule has 0 saturated carbocycles. The second kappa shape index (κ2) is 5.27. The molecule has 2 aromatic rings. The third-order valence-corrected chi connectivity index (χ3v) is 3.19. The lowest BCUT2D eigenvalue weighted by atomic mass is 10.1. The average Bonchev–Trinajstić information content (AvgIpc) is 2.70. The molecule has 1 heterocycles. The molecule has 1 amide bonds. The molecule has 0 aliphatic rings. The first kappa shape index (κ1) is 13.4. The molecule has 19 heavy (non-hydrogen) atoms. The van der Waals surface area contributed by atoms with Gasteiger partial charge in [-0.15, -0.1) is 0 Å². The Labute approximate surface area is 110 Å². The van der Waals surface area contributed by atoms with Crippen LogP contribution in [0, 0.1) is 0 Å². The summed E-state index contributed by atoms with van der Waals surface area (Å²) in [6, 6.07) is 5.57. The van der Waals surface area contributed by atoms with E-state index in [9.17, 15) is 9.59 Å². The maximum Gasteiger partial charge on any atom is 0.419 e. The van der Waals surface area contributed by atoms with E-state index in [0.29, 0.717) is 18.5 Å². The summed E-state index contributed by atoms with van der Waals surface area (Å²) in [5, 5.41) is 0. The zero-order valence-electron chi connectivity index (χ0n) is 11.0. The summed E-state index contributed by atoms with van der Waals surface area (Å²) in [6.45, 7) is 0.610. The largest absolute Gasteiger partial charge is 0.419 e. The highest BCUT2D eigenvalue weighted by atomic mass is 16.4. The number of amides is 1. The fourth-order valence-electron chi connectivity index (χ4n) is 1.91. The summed E-state index contributed by atoms with van der Waals surface area (Å²) in [7, 11) is 3.39. The van der Waals surface area contributed by atoms with Crippen molar-refractivity contribution in [2.75, 3.05) is 20.1 Å². The van der Waals surface area contributed by atoms with Gasteiger partial charge in [-0.2, -0.15) is 0 Å². The molecule has 0 fully saturated rings. The van der Waals surface area contributed by atoms with Gasteiger partial charge >= 0.3 is 5.76 Å². The van der Waals surface area contributed by atoms with Crippen molar-refractivity contribution in [1.29, 1.82) is 0 Å². The van der Waals surface area contributed by atoms with Crippen LogP contribution in [0.25, 0.3) is 11.1 Å². The molecule has 6 heteroatoms. The highest BCUT2D eigenvalue weighted by Crippen LogP contribution is 2.14. The quantitative estimate of drug-likeness (QED) is 0.847. The van der Waals surface area contributed by atoms with Gasteiger partial charge in [0, 0.05) is 20.6 Å². The molecular weight excluding hydrogens is 246 g/mol. The third-order valence-electron chi connectivity index (χ3n) is 3.19. The average molecular weight is 263 g/mol. The molecule has 1 aromatic heterocycles. The Morgan fingerprint density at radius 1 is 1.47 bits per heavy atom. The number of carbonyl (C=O) groups is 1. The molecule has 102 valence electrons. The maximum absolute atomic E-state index is 11.4. The lowest BCUT2D eigenvalue weighted by Crippen LogP contribution is -2.34. The Balaban J connectivity index is 2.16. The van der Waals surface area contributed by atoms with Gasteiger partial charge in [-0.3, -0.25) is 9.36 Å². The fraction of sp³-hybridized carbons (Fsp3) is 0.385. The number of rotatable bonds is 4. The summed E-state index contributed by atoms with van der Waals surface area (Å²) in [6.07, 6.45) is 0.706. The van der Waals surface area contributed by atoms with Crippen LogP contribution in [0.5, 0.6) is 0 Å². The molecule has 0 bridgehead atoms. The lowest BCUT2D eigenvalue weighted by molar-refractivity contribution is -0.128. The Morgan fingerprint density at radius 3 is 2.89 bits per heavy atom. The standard InChI is InChI=1S/C13H17N3O3/c1-15(12(17)8-14)6-5-9-3-4-11-10(7-9)16(2)13(18)19-11/h3-4,7H,5-6,8,14H2,1-2H3. The number of carbonyl (C=O) groups excluding carboxylic acids is 1. The molecule has 1 aromatic carbocycles. The minimum Gasteiger partial charge on any atom is -0.408 e. The van der Waals surface area contributed by atoms with Gasteiger partial charge in [0.25, 0.3) is 0 Å². The zero-order valence-corrected chi connectivity index (χ0v) is 11.0. The predicted molar refractivity (Wildman–Crippen MR) is 71.9 cm³/mol. The Hall–Kier alpha value is -2.08. The minimum absolute atomic E-state index is 0.0196. The first-order chi connectivity index (χ1) is 9.02. The summed E-state index contributed by atoms with van der Waals surface area (Å²) in [4.78, 5) is 24.3. The number of hydrogen-bond acceptors (Lipinski definition) is 4. The van der Waals surface area contributed by atoms with E-state index in [0.717, 1.165) is 11.1 Å². The number of aryl methyl sites for hydroxylation is 1. The molecule has 6 nitrogen and oxygen atoms in total. The van der Waals surface area contributed by atoms with E-state index in [1.165, 1.54) is 4.57 Å². The molecule has 2 N–H and O–H groups in total.